The van der Waals surface area contributed by atoms with Crippen LogP contribution in [0.1, 0.15) is 5.56 Å². The summed E-state index contributed by atoms with van der Waals surface area (Å²) in [6.07, 6.45) is 3.37. The lowest BCUT2D eigenvalue weighted by Crippen LogP contribution is -2.22. The first-order valence-corrected chi connectivity index (χ1v) is 10.1. The van der Waals surface area contributed by atoms with Gasteiger partial charge in [-0.05, 0) is 48.7 Å². The second-order valence-corrected chi connectivity index (χ2v) is 7.78. The summed E-state index contributed by atoms with van der Waals surface area (Å²) in [6, 6.07) is 18.6. The molecule has 0 unspecified atom stereocenters. The summed E-state index contributed by atoms with van der Waals surface area (Å²) in [4.78, 5) is 31.4. The third-order valence-electron chi connectivity index (χ3n) is 4.92. The molecule has 160 valence electrons. The van der Waals surface area contributed by atoms with Gasteiger partial charge in [-0.1, -0.05) is 35.9 Å². The third kappa shape index (κ3) is 3.98. The average molecular weight is 447 g/mol. The highest BCUT2D eigenvalue weighted by molar-refractivity contribution is 6.30. The van der Waals surface area contributed by atoms with Crippen molar-refractivity contribution in [3.63, 3.8) is 0 Å². The van der Waals surface area contributed by atoms with Gasteiger partial charge in [0.2, 0.25) is 0 Å². The minimum atomic E-state index is -0.440. The summed E-state index contributed by atoms with van der Waals surface area (Å²) < 4.78 is 1.46. The zero-order chi connectivity index (χ0) is 22.8. The average Bonchev–Trinajstić information content (AvgIpc) is 2.78. The molecule has 0 radical (unpaired) electrons. The molecule has 3 aromatic carbocycles. The number of para-hydroxylation sites is 1. The first-order valence-electron chi connectivity index (χ1n) is 9.77. The maximum atomic E-state index is 13.5. The fraction of sp³-hybridized carbons (Fsp3) is 0.0833. The number of aromatic nitrogens is 2. The van der Waals surface area contributed by atoms with Crippen molar-refractivity contribution in [2.45, 2.75) is 0 Å². The number of rotatable bonds is 5. The van der Waals surface area contributed by atoms with Gasteiger partial charge in [0.05, 0.1) is 27.1 Å². The van der Waals surface area contributed by atoms with E-state index in [1.807, 2.05) is 14.1 Å². The number of hydrogen-bond acceptors (Lipinski definition) is 5. The number of fused-ring (bicyclic) bond motifs is 1. The molecule has 7 nitrogen and oxygen atoms in total. The SMILES string of the molecule is CN(C)C=Cc1c(-c2nc3ccccc3c(=O)n2-c2ccc(Cl)cc2)cccc1[N+](=O)[O-]. The van der Waals surface area contributed by atoms with Crippen molar-refractivity contribution in [2.24, 2.45) is 0 Å². The lowest BCUT2D eigenvalue weighted by Gasteiger charge is -2.16. The maximum absolute atomic E-state index is 13.5. The van der Waals surface area contributed by atoms with Crippen molar-refractivity contribution in [2.75, 3.05) is 14.1 Å². The van der Waals surface area contributed by atoms with Gasteiger partial charge in [0.25, 0.3) is 11.2 Å². The molecule has 4 aromatic rings. The third-order valence-corrected chi connectivity index (χ3v) is 5.17. The number of nitro groups is 1. The molecule has 0 N–H and O–H groups in total. The van der Waals surface area contributed by atoms with Gasteiger partial charge in [-0.15, -0.1) is 0 Å². The van der Waals surface area contributed by atoms with Crippen LogP contribution in [0.5, 0.6) is 0 Å². The lowest BCUT2D eigenvalue weighted by atomic mass is 10.0. The van der Waals surface area contributed by atoms with Crippen LogP contribution in [-0.4, -0.2) is 33.5 Å². The van der Waals surface area contributed by atoms with Crippen molar-refractivity contribution in [3.05, 3.63) is 104 Å². The number of nitrogens with zero attached hydrogens (tertiary/aromatic N) is 4. The second-order valence-electron chi connectivity index (χ2n) is 7.34. The lowest BCUT2D eigenvalue weighted by molar-refractivity contribution is -0.385. The number of nitro benzene ring substituents is 1. The predicted octanol–water partition coefficient (Wildman–Crippen LogP) is 5.15. The molecule has 0 fully saturated rings. The fourth-order valence-electron chi connectivity index (χ4n) is 3.45. The zero-order valence-corrected chi connectivity index (χ0v) is 18.2. The summed E-state index contributed by atoms with van der Waals surface area (Å²) in [7, 11) is 3.64. The Hall–Kier alpha value is -3.97. The van der Waals surface area contributed by atoms with E-state index >= 15 is 0 Å². The van der Waals surface area contributed by atoms with E-state index in [1.54, 1.807) is 77.8 Å². The second kappa shape index (κ2) is 8.64. The Morgan fingerprint density at radius 1 is 1.03 bits per heavy atom. The molecular formula is C24H19ClN4O3. The van der Waals surface area contributed by atoms with Crippen LogP contribution in [0.15, 0.2) is 77.7 Å². The summed E-state index contributed by atoms with van der Waals surface area (Å²) in [5.74, 6) is 0.304. The Balaban J connectivity index is 2.13. The summed E-state index contributed by atoms with van der Waals surface area (Å²) in [6.45, 7) is 0. The molecule has 0 aliphatic heterocycles. The molecule has 32 heavy (non-hydrogen) atoms. The standard InChI is InChI=1S/C24H19ClN4O3/c1-27(2)15-14-18-19(7-5-9-22(18)29(31)32)23-26-21-8-4-3-6-20(21)24(30)28(23)17-12-10-16(25)11-13-17/h3-15H,1-2H3. The highest BCUT2D eigenvalue weighted by Crippen LogP contribution is 2.32. The minimum Gasteiger partial charge on any atom is -0.383 e. The summed E-state index contributed by atoms with van der Waals surface area (Å²) >= 11 is 6.05. The molecule has 0 aliphatic rings. The minimum absolute atomic E-state index is 0.0781. The fourth-order valence-corrected chi connectivity index (χ4v) is 3.58. The number of benzene rings is 3. The summed E-state index contributed by atoms with van der Waals surface area (Å²) in [5, 5.41) is 12.8. The van der Waals surface area contributed by atoms with Crippen molar-refractivity contribution >= 4 is 34.3 Å². The first kappa shape index (κ1) is 21.3. The van der Waals surface area contributed by atoms with Crippen LogP contribution in [0.25, 0.3) is 34.1 Å². The summed E-state index contributed by atoms with van der Waals surface area (Å²) in [5.41, 5.74) is 1.53. The van der Waals surface area contributed by atoms with Crippen LogP contribution in [0.2, 0.25) is 5.02 Å². The Labute approximate surface area is 189 Å². The number of hydrogen-bond donors (Lipinski definition) is 0. The molecule has 0 bridgehead atoms. The predicted molar refractivity (Wildman–Crippen MR) is 127 cm³/mol. The first-order chi connectivity index (χ1) is 15.4. The largest absolute Gasteiger partial charge is 0.383 e. The van der Waals surface area contributed by atoms with E-state index in [0.717, 1.165) is 0 Å². The van der Waals surface area contributed by atoms with Gasteiger partial charge in [0.15, 0.2) is 0 Å². The highest BCUT2D eigenvalue weighted by atomic mass is 35.5. The molecular weight excluding hydrogens is 428 g/mol. The molecule has 4 rings (SSSR count). The quantitative estimate of drug-likeness (QED) is 0.313. The van der Waals surface area contributed by atoms with Crippen molar-refractivity contribution in [1.29, 1.82) is 0 Å². The number of halogens is 1. The Morgan fingerprint density at radius 2 is 1.75 bits per heavy atom. The van der Waals surface area contributed by atoms with Gasteiger partial charge in [-0.2, -0.15) is 0 Å². The molecule has 1 heterocycles. The van der Waals surface area contributed by atoms with E-state index in [1.165, 1.54) is 10.6 Å². The molecule has 8 heteroatoms. The topological polar surface area (TPSA) is 81.3 Å². The van der Waals surface area contributed by atoms with Crippen LogP contribution in [0, 0.1) is 10.1 Å². The van der Waals surface area contributed by atoms with E-state index in [4.69, 9.17) is 16.6 Å². The zero-order valence-electron chi connectivity index (χ0n) is 17.4. The maximum Gasteiger partial charge on any atom is 0.277 e. The van der Waals surface area contributed by atoms with Crippen LogP contribution < -0.4 is 5.56 Å². The van der Waals surface area contributed by atoms with Gasteiger partial charge in [-0.25, -0.2) is 4.98 Å². The van der Waals surface area contributed by atoms with Crippen LogP contribution in [-0.2, 0) is 0 Å². The van der Waals surface area contributed by atoms with E-state index in [0.29, 0.717) is 38.6 Å². The van der Waals surface area contributed by atoms with Crippen molar-refractivity contribution < 1.29 is 4.92 Å². The molecule has 0 atom stereocenters. The van der Waals surface area contributed by atoms with E-state index in [9.17, 15) is 14.9 Å². The van der Waals surface area contributed by atoms with Gasteiger partial charge in [0, 0.05) is 30.7 Å². The molecule has 0 spiro atoms. The highest BCUT2D eigenvalue weighted by Gasteiger charge is 2.22. The van der Waals surface area contributed by atoms with Gasteiger partial charge in [0.1, 0.15) is 5.82 Å². The monoisotopic (exact) mass is 446 g/mol. The van der Waals surface area contributed by atoms with E-state index < -0.39 is 4.92 Å². The van der Waals surface area contributed by atoms with Gasteiger partial charge in [-0.3, -0.25) is 19.5 Å². The van der Waals surface area contributed by atoms with Crippen LogP contribution in [0.4, 0.5) is 5.69 Å². The van der Waals surface area contributed by atoms with Crippen LogP contribution in [0.3, 0.4) is 0 Å². The Kier molecular flexibility index (Phi) is 5.75. The molecule has 0 amide bonds. The molecule has 0 saturated carbocycles. The van der Waals surface area contributed by atoms with E-state index in [2.05, 4.69) is 0 Å². The van der Waals surface area contributed by atoms with E-state index in [-0.39, 0.29) is 11.2 Å². The molecule has 0 aliphatic carbocycles. The van der Waals surface area contributed by atoms with Gasteiger partial charge >= 0.3 is 0 Å². The van der Waals surface area contributed by atoms with Crippen molar-refractivity contribution in [1.82, 2.24) is 14.5 Å². The van der Waals surface area contributed by atoms with Gasteiger partial charge < -0.3 is 4.90 Å². The smallest absolute Gasteiger partial charge is 0.277 e. The molecule has 0 saturated heterocycles. The normalized spacial score (nSPS) is 11.2. The Bertz CT molecular complexity index is 1410. The van der Waals surface area contributed by atoms with Crippen LogP contribution >= 0.6 is 11.6 Å². The Morgan fingerprint density at radius 3 is 2.44 bits per heavy atom. The molecule has 1 aromatic heterocycles. The van der Waals surface area contributed by atoms with Crippen molar-refractivity contribution in [3.8, 4) is 17.1 Å².